The van der Waals surface area contributed by atoms with Gasteiger partial charge >= 0.3 is 0 Å². The lowest BCUT2D eigenvalue weighted by Crippen LogP contribution is -2.80. The molecule has 3 aromatic rings. The third-order valence-corrected chi connectivity index (χ3v) is 4.06. The minimum Gasteiger partial charge on any atom is -0.506 e. The molecule has 0 saturated heterocycles. The fraction of sp³-hybridized carbons (Fsp3) is 0.211. The van der Waals surface area contributed by atoms with E-state index in [1.807, 2.05) is 30.3 Å². The van der Waals surface area contributed by atoms with Crippen LogP contribution in [0.1, 0.15) is 28.4 Å². The van der Waals surface area contributed by atoms with Gasteiger partial charge in [-0.05, 0) is 13.0 Å². The predicted octanol–water partition coefficient (Wildman–Crippen LogP) is 2.61. The van der Waals surface area contributed by atoms with Crippen LogP contribution >= 0.6 is 0 Å². The highest BCUT2D eigenvalue weighted by atomic mass is 16.5. The first-order valence-electron chi connectivity index (χ1n) is 7.79. The number of methoxy groups -OCH3 is 1. The van der Waals surface area contributed by atoms with E-state index in [1.165, 1.54) is 25.9 Å². The Morgan fingerprint density at radius 3 is 2.62 bits per heavy atom. The number of phenolic OH excluding ortho intramolecular Hbond substituents is 1. The minimum atomic E-state index is -0.239. The number of hydrogen-bond donors (Lipinski definition) is 2. The van der Waals surface area contributed by atoms with Gasteiger partial charge in [-0.1, -0.05) is 30.3 Å². The van der Waals surface area contributed by atoms with E-state index >= 15 is 0 Å². The van der Waals surface area contributed by atoms with Gasteiger partial charge in [-0.3, -0.25) is 4.79 Å². The average molecular weight is 326 g/mol. The van der Waals surface area contributed by atoms with E-state index in [0.29, 0.717) is 28.8 Å². The van der Waals surface area contributed by atoms with Crippen molar-refractivity contribution in [3.05, 3.63) is 59.4 Å². The Labute approximate surface area is 139 Å². The SMILES string of the molecule is COc1c(C(C)=O)c(O)c(C[NH2+]Cc2ccccc2)c2occc12. The van der Waals surface area contributed by atoms with E-state index in [0.717, 1.165) is 6.54 Å². The Kier molecular flexibility index (Phi) is 4.53. The first kappa shape index (κ1) is 16.1. The summed E-state index contributed by atoms with van der Waals surface area (Å²) < 4.78 is 10.9. The second-order valence-corrected chi connectivity index (χ2v) is 5.64. The van der Waals surface area contributed by atoms with Crippen LogP contribution in [0.4, 0.5) is 0 Å². The molecule has 1 heterocycles. The van der Waals surface area contributed by atoms with Crippen molar-refractivity contribution < 1.29 is 24.4 Å². The van der Waals surface area contributed by atoms with Crippen LogP contribution in [0.25, 0.3) is 11.0 Å². The number of furan rings is 1. The van der Waals surface area contributed by atoms with Crippen molar-refractivity contribution >= 4 is 16.8 Å². The lowest BCUT2D eigenvalue weighted by Gasteiger charge is -2.13. The molecule has 0 radical (unpaired) electrons. The van der Waals surface area contributed by atoms with E-state index in [9.17, 15) is 9.90 Å². The molecule has 1 aromatic heterocycles. The molecule has 0 aliphatic carbocycles. The maximum atomic E-state index is 12.0. The second kappa shape index (κ2) is 6.76. The molecular formula is C19H20NO4+. The zero-order valence-corrected chi connectivity index (χ0v) is 13.7. The monoisotopic (exact) mass is 326 g/mol. The number of carbonyl (C=O) groups excluding carboxylic acids is 1. The molecule has 0 unspecified atom stereocenters. The first-order chi connectivity index (χ1) is 11.6. The van der Waals surface area contributed by atoms with E-state index in [4.69, 9.17) is 9.15 Å². The van der Waals surface area contributed by atoms with Gasteiger partial charge in [0.2, 0.25) is 0 Å². The normalized spacial score (nSPS) is 10.9. The summed E-state index contributed by atoms with van der Waals surface area (Å²) >= 11 is 0. The number of quaternary nitrogens is 1. The van der Waals surface area contributed by atoms with Crippen LogP contribution in [-0.2, 0) is 13.1 Å². The van der Waals surface area contributed by atoms with E-state index < -0.39 is 0 Å². The van der Waals surface area contributed by atoms with Crippen molar-refractivity contribution in [1.29, 1.82) is 0 Å². The summed E-state index contributed by atoms with van der Waals surface area (Å²) in [5.41, 5.74) is 2.55. The van der Waals surface area contributed by atoms with E-state index in [1.54, 1.807) is 6.07 Å². The number of Topliss-reactive ketones (excluding diaryl/α,β-unsaturated/α-hetero) is 1. The van der Waals surface area contributed by atoms with E-state index in [2.05, 4.69) is 5.32 Å². The lowest BCUT2D eigenvalue weighted by molar-refractivity contribution is -0.686. The summed E-state index contributed by atoms with van der Waals surface area (Å²) in [7, 11) is 1.48. The molecule has 0 fully saturated rings. The highest BCUT2D eigenvalue weighted by molar-refractivity contribution is 6.06. The molecule has 0 saturated carbocycles. The smallest absolute Gasteiger partial charge is 0.167 e. The topological polar surface area (TPSA) is 76.3 Å². The zero-order chi connectivity index (χ0) is 17.1. The van der Waals surface area contributed by atoms with Gasteiger partial charge in [-0.2, -0.15) is 0 Å². The number of ketones is 1. The minimum absolute atomic E-state index is 0.0638. The molecular weight excluding hydrogens is 306 g/mol. The fourth-order valence-electron chi connectivity index (χ4n) is 2.95. The number of ether oxygens (including phenoxy) is 1. The Bertz CT molecular complexity index is 868. The van der Waals surface area contributed by atoms with Crippen molar-refractivity contribution in [2.75, 3.05) is 7.11 Å². The van der Waals surface area contributed by atoms with Crippen molar-refractivity contribution in [1.82, 2.24) is 0 Å². The number of phenols is 1. The van der Waals surface area contributed by atoms with Crippen molar-refractivity contribution in [2.45, 2.75) is 20.0 Å². The van der Waals surface area contributed by atoms with Crippen LogP contribution in [0.15, 0.2) is 47.1 Å². The summed E-state index contributed by atoms with van der Waals surface area (Å²) in [5, 5.41) is 13.4. The second-order valence-electron chi connectivity index (χ2n) is 5.64. The third kappa shape index (κ3) is 2.86. The van der Waals surface area contributed by atoms with Crippen LogP contribution in [0.3, 0.4) is 0 Å². The molecule has 5 nitrogen and oxygen atoms in total. The summed E-state index contributed by atoms with van der Waals surface area (Å²) in [6, 6.07) is 11.8. The number of hydrogen-bond acceptors (Lipinski definition) is 4. The molecule has 3 N–H and O–H groups in total. The Hall–Kier alpha value is -2.79. The highest BCUT2D eigenvalue weighted by Gasteiger charge is 2.25. The van der Waals surface area contributed by atoms with Gasteiger partial charge in [0.15, 0.2) is 5.78 Å². The Morgan fingerprint density at radius 1 is 1.21 bits per heavy atom. The van der Waals surface area contributed by atoms with Gasteiger partial charge in [0.25, 0.3) is 0 Å². The Morgan fingerprint density at radius 2 is 1.96 bits per heavy atom. The van der Waals surface area contributed by atoms with Gasteiger partial charge in [-0.25, -0.2) is 0 Å². The summed E-state index contributed by atoms with van der Waals surface area (Å²) in [5.74, 6) is 0.0541. The molecule has 0 aliphatic rings. The van der Waals surface area contributed by atoms with Crippen molar-refractivity contribution in [2.24, 2.45) is 0 Å². The fourth-order valence-corrected chi connectivity index (χ4v) is 2.95. The molecule has 24 heavy (non-hydrogen) atoms. The standard InChI is InChI=1S/C19H19NO4/c1-12(21)16-17(22)15(11-20-10-13-6-4-3-5-7-13)18-14(8-9-24-18)19(16)23-2/h3-9,20,22H,10-11H2,1-2H3/p+1. The van der Waals surface area contributed by atoms with E-state index in [-0.39, 0.29) is 17.1 Å². The number of rotatable bonds is 6. The van der Waals surface area contributed by atoms with Gasteiger partial charge in [0.1, 0.15) is 35.7 Å². The number of aromatic hydroxyl groups is 1. The van der Waals surface area contributed by atoms with Crippen molar-refractivity contribution in [3.8, 4) is 11.5 Å². The molecule has 124 valence electrons. The summed E-state index contributed by atoms with van der Waals surface area (Å²) in [4.78, 5) is 12.0. The number of fused-ring (bicyclic) bond motifs is 1. The average Bonchev–Trinajstić information content (AvgIpc) is 3.06. The molecule has 2 aromatic carbocycles. The molecule has 0 atom stereocenters. The molecule has 0 bridgehead atoms. The Balaban J connectivity index is 1.96. The first-order valence-corrected chi connectivity index (χ1v) is 7.79. The summed E-state index contributed by atoms with van der Waals surface area (Å²) in [6.45, 7) is 2.68. The zero-order valence-electron chi connectivity index (χ0n) is 13.7. The van der Waals surface area contributed by atoms with Crippen LogP contribution in [0, 0.1) is 0 Å². The maximum Gasteiger partial charge on any atom is 0.167 e. The molecule has 0 aliphatic heterocycles. The lowest BCUT2D eigenvalue weighted by atomic mass is 10.0. The molecule has 0 spiro atoms. The predicted molar refractivity (Wildman–Crippen MR) is 90.2 cm³/mol. The molecule has 0 amide bonds. The van der Waals surface area contributed by atoms with Gasteiger partial charge in [0.05, 0.1) is 24.3 Å². The third-order valence-electron chi connectivity index (χ3n) is 4.06. The highest BCUT2D eigenvalue weighted by Crippen LogP contribution is 2.40. The number of nitrogens with two attached hydrogens (primary N) is 1. The summed E-state index contributed by atoms with van der Waals surface area (Å²) in [6.07, 6.45) is 1.54. The van der Waals surface area contributed by atoms with Gasteiger partial charge in [0, 0.05) is 5.56 Å². The van der Waals surface area contributed by atoms with Crippen LogP contribution < -0.4 is 10.1 Å². The number of carbonyl (C=O) groups is 1. The number of benzene rings is 2. The largest absolute Gasteiger partial charge is 0.506 e. The quantitative estimate of drug-likeness (QED) is 0.683. The van der Waals surface area contributed by atoms with Crippen LogP contribution in [-0.4, -0.2) is 18.0 Å². The van der Waals surface area contributed by atoms with Crippen LogP contribution in [0.5, 0.6) is 11.5 Å². The molecule has 3 rings (SSSR count). The van der Waals surface area contributed by atoms with Gasteiger partial charge in [-0.15, -0.1) is 0 Å². The van der Waals surface area contributed by atoms with Crippen molar-refractivity contribution in [3.63, 3.8) is 0 Å². The van der Waals surface area contributed by atoms with Gasteiger partial charge < -0.3 is 19.6 Å². The molecule has 5 heteroatoms. The maximum absolute atomic E-state index is 12.0. The van der Waals surface area contributed by atoms with Crippen LogP contribution in [0.2, 0.25) is 0 Å².